The molecule has 0 radical (unpaired) electrons. The molecule has 0 bridgehead atoms. The maximum absolute atomic E-state index is 13.6. The number of aromatic nitrogens is 1. The van der Waals surface area contributed by atoms with Crippen LogP contribution >= 0.6 is 11.8 Å². The number of aryl methyl sites for hydroxylation is 1. The van der Waals surface area contributed by atoms with Crippen molar-refractivity contribution in [2.45, 2.75) is 30.7 Å². The van der Waals surface area contributed by atoms with E-state index in [1.807, 2.05) is 25.4 Å². The molecule has 0 fully saturated rings. The Balaban J connectivity index is 1.92. The second-order valence-electron chi connectivity index (χ2n) is 4.94. The minimum absolute atomic E-state index is 0.150. The summed E-state index contributed by atoms with van der Waals surface area (Å²) in [7, 11) is 1.94. The molecule has 1 heterocycles. The van der Waals surface area contributed by atoms with Crippen LogP contribution in [0, 0.1) is 5.82 Å². The van der Waals surface area contributed by atoms with Crippen molar-refractivity contribution in [3.05, 3.63) is 59.7 Å². The lowest BCUT2D eigenvalue weighted by Gasteiger charge is -2.15. The van der Waals surface area contributed by atoms with Crippen LogP contribution in [0.1, 0.15) is 18.2 Å². The molecule has 2 aromatic rings. The first kappa shape index (κ1) is 16.0. The van der Waals surface area contributed by atoms with E-state index in [2.05, 4.69) is 29.4 Å². The summed E-state index contributed by atoms with van der Waals surface area (Å²) < 4.78 is 13.6. The molecule has 0 saturated heterocycles. The molecule has 1 aromatic carbocycles. The number of halogens is 1. The molecule has 0 spiro atoms. The third-order valence-electron chi connectivity index (χ3n) is 3.43. The fourth-order valence-electron chi connectivity index (χ4n) is 2.03. The topological polar surface area (TPSA) is 24.9 Å². The van der Waals surface area contributed by atoms with E-state index in [1.54, 1.807) is 17.8 Å². The summed E-state index contributed by atoms with van der Waals surface area (Å²) in [6, 6.07) is 11.4. The first-order valence-corrected chi connectivity index (χ1v) is 8.20. The molecular formula is C17H21FN2S. The molecule has 2 rings (SSSR count). The minimum atomic E-state index is -0.150. The van der Waals surface area contributed by atoms with Crippen LogP contribution in [0.2, 0.25) is 0 Å². The van der Waals surface area contributed by atoms with Gasteiger partial charge in [0.25, 0.3) is 0 Å². The minimum Gasteiger partial charge on any atom is -0.316 e. The van der Waals surface area contributed by atoms with Crippen molar-refractivity contribution in [3.8, 4) is 0 Å². The zero-order valence-electron chi connectivity index (χ0n) is 12.5. The van der Waals surface area contributed by atoms with E-state index in [0.717, 1.165) is 24.3 Å². The largest absolute Gasteiger partial charge is 0.316 e. The highest BCUT2D eigenvalue weighted by Gasteiger charge is 2.10. The average molecular weight is 304 g/mol. The fraction of sp³-hybridized carbons (Fsp3) is 0.353. The molecule has 1 unspecified atom stereocenters. The van der Waals surface area contributed by atoms with Gasteiger partial charge >= 0.3 is 0 Å². The van der Waals surface area contributed by atoms with Gasteiger partial charge in [0.2, 0.25) is 0 Å². The van der Waals surface area contributed by atoms with Crippen molar-refractivity contribution < 1.29 is 4.39 Å². The third kappa shape index (κ3) is 4.83. The summed E-state index contributed by atoms with van der Waals surface area (Å²) in [6.45, 7) is 2.12. The molecule has 4 heteroatoms. The standard InChI is InChI=1S/C17H21FN2S/c1-3-13-8-9-14(20-11-13)10-15(19-2)12-21-17-7-5-4-6-16(17)18/h4-9,11,15,19H,3,10,12H2,1-2H3. The van der Waals surface area contributed by atoms with Gasteiger partial charge in [0.15, 0.2) is 0 Å². The molecule has 0 aliphatic heterocycles. The van der Waals surface area contributed by atoms with Crippen molar-refractivity contribution in [2.75, 3.05) is 12.8 Å². The molecule has 0 aliphatic rings. The Morgan fingerprint density at radius 2 is 2.05 bits per heavy atom. The highest BCUT2D eigenvalue weighted by Crippen LogP contribution is 2.22. The highest BCUT2D eigenvalue weighted by atomic mass is 32.2. The molecular weight excluding hydrogens is 283 g/mol. The normalized spacial score (nSPS) is 12.3. The van der Waals surface area contributed by atoms with Crippen molar-refractivity contribution in [3.63, 3.8) is 0 Å². The monoisotopic (exact) mass is 304 g/mol. The Bertz CT molecular complexity index is 557. The Morgan fingerprint density at radius 1 is 1.24 bits per heavy atom. The summed E-state index contributed by atoms with van der Waals surface area (Å²) in [4.78, 5) is 5.19. The predicted octanol–water partition coefficient (Wildman–Crippen LogP) is 3.71. The molecule has 0 saturated carbocycles. The van der Waals surface area contributed by atoms with Crippen LogP contribution in [-0.4, -0.2) is 23.8 Å². The van der Waals surface area contributed by atoms with E-state index in [0.29, 0.717) is 4.90 Å². The predicted molar refractivity (Wildman–Crippen MR) is 87.3 cm³/mol. The highest BCUT2D eigenvalue weighted by molar-refractivity contribution is 7.99. The molecule has 1 N–H and O–H groups in total. The molecule has 1 aromatic heterocycles. The summed E-state index contributed by atoms with van der Waals surface area (Å²) in [6.07, 6.45) is 3.79. The van der Waals surface area contributed by atoms with Crippen molar-refractivity contribution in [1.29, 1.82) is 0 Å². The van der Waals surface area contributed by atoms with Crippen molar-refractivity contribution in [1.82, 2.24) is 10.3 Å². The lowest BCUT2D eigenvalue weighted by molar-refractivity contribution is 0.596. The number of benzene rings is 1. The Morgan fingerprint density at radius 3 is 2.67 bits per heavy atom. The first-order chi connectivity index (χ1) is 10.2. The molecule has 0 aliphatic carbocycles. The second kappa shape index (κ2) is 8.15. The van der Waals surface area contributed by atoms with E-state index < -0.39 is 0 Å². The summed E-state index contributed by atoms with van der Waals surface area (Å²) in [5.74, 6) is 0.664. The van der Waals surface area contributed by atoms with Crippen molar-refractivity contribution in [2.24, 2.45) is 0 Å². The second-order valence-corrected chi connectivity index (χ2v) is 6.00. The number of thioether (sulfide) groups is 1. The number of pyridine rings is 1. The summed E-state index contributed by atoms with van der Waals surface area (Å²) in [5.41, 5.74) is 2.32. The van der Waals surface area contributed by atoms with Crippen molar-refractivity contribution >= 4 is 11.8 Å². The third-order valence-corrected chi connectivity index (χ3v) is 4.65. The number of nitrogens with zero attached hydrogens (tertiary/aromatic N) is 1. The van der Waals surface area contributed by atoms with Gasteiger partial charge in [-0.1, -0.05) is 25.1 Å². The van der Waals surface area contributed by atoms with Crippen LogP contribution in [0.25, 0.3) is 0 Å². The van der Waals surface area contributed by atoms with Gasteiger partial charge in [0, 0.05) is 35.0 Å². The number of rotatable bonds is 7. The fourth-order valence-corrected chi connectivity index (χ4v) is 3.08. The van der Waals surface area contributed by atoms with E-state index >= 15 is 0 Å². The number of nitrogens with one attached hydrogen (secondary N) is 1. The molecule has 0 amide bonds. The zero-order valence-corrected chi connectivity index (χ0v) is 13.3. The lowest BCUT2D eigenvalue weighted by atomic mass is 10.1. The van der Waals surface area contributed by atoms with Gasteiger partial charge in [-0.15, -0.1) is 11.8 Å². The van der Waals surface area contributed by atoms with E-state index in [9.17, 15) is 4.39 Å². The Labute approximate surface area is 130 Å². The average Bonchev–Trinajstić information content (AvgIpc) is 2.53. The number of hydrogen-bond acceptors (Lipinski definition) is 3. The van der Waals surface area contributed by atoms with Gasteiger partial charge in [-0.2, -0.15) is 0 Å². The van der Waals surface area contributed by atoms with Gasteiger partial charge in [-0.3, -0.25) is 4.98 Å². The van der Waals surface area contributed by atoms with Gasteiger partial charge in [0.05, 0.1) is 0 Å². The quantitative estimate of drug-likeness (QED) is 0.789. The van der Waals surface area contributed by atoms with Crippen LogP contribution in [0.5, 0.6) is 0 Å². The maximum atomic E-state index is 13.6. The molecule has 112 valence electrons. The zero-order chi connectivity index (χ0) is 15.1. The van der Waals surface area contributed by atoms with Crippen LogP contribution in [-0.2, 0) is 12.8 Å². The maximum Gasteiger partial charge on any atom is 0.136 e. The SMILES string of the molecule is CCc1ccc(CC(CSc2ccccc2F)NC)nc1. The van der Waals surface area contributed by atoms with Crippen LogP contribution < -0.4 is 5.32 Å². The van der Waals surface area contributed by atoms with Gasteiger partial charge in [-0.05, 0) is 37.2 Å². The van der Waals surface area contributed by atoms with Crippen LogP contribution in [0.15, 0.2) is 47.5 Å². The molecule has 21 heavy (non-hydrogen) atoms. The number of hydrogen-bond donors (Lipinski definition) is 1. The Hall–Kier alpha value is -1.39. The van der Waals surface area contributed by atoms with Crippen LogP contribution in [0.3, 0.4) is 0 Å². The molecule has 1 atom stereocenters. The summed E-state index contributed by atoms with van der Waals surface area (Å²) in [5, 5.41) is 3.29. The summed E-state index contributed by atoms with van der Waals surface area (Å²) >= 11 is 1.54. The van der Waals surface area contributed by atoms with E-state index in [-0.39, 0.29) is 11.9 Å². The van der Waals surface area contributed by atoms with Crippen LogP contribution in [0.4, 0.5) is 4.39 Å². The van der Waals surface area contributed by atoms with Gasteiger partial charge in [0.1, 0.15) is 5.82 Å². The Kier molecular flexibility index (Phi) is 6.21. The first-order valence-electron chi connectivity index (χ1n) is 7.21. The smallest absolute Gasteiger partial charge is 0.136 e. The van der Waals surface area contributed by atoms with E-state index in [1.165, 1.54) is 11.6 Å². The van der Waals surface area contributed by atoms with Gasteiger partial charge < -0.3 is 5.32 Å². The number of likely N-dealkylation sites (N-methyl/N-ethyl adjacent to an activating group) is 1. The van der Waals surface area contributed by atoms with Gasteiger partial charge in [-0.25, -0.2) is 4.39 Å². The molecule has 2 nitrogen and oxygen atoms in total. The lowest BCUT2D eigenvalue weighted by Crippen LogP contribution is -2.30. The van der Waals surface area contributed by atoms with E-state index in [4.69, 9.17) is 0 Å².